The summed E-state index contributed by atoms with van der Waals surface area (Å²) in [6, 6.07) is 13.0. The minimum absolute atomic E-state index is 0.253. The number of halogens is 3. The predicted octanol–water partition coefficient (Wildman–Crippen LogP) is 7.45. The number of nitriles is 1. The molecule has 0 aliphatic rings. The van der Waals surface area contributed by atoms with E-state index in [0.717, 1.165) is 41.7 Å². The number of rotatable bonds is 12. The third-order valence-electron chi connectivity index (χ3n) is 6.58. The zero-order chi connectivity index (χ0) is 26.9. The van der Waals surface area contributed by atoms with Crippen LogP contribution in [0.1, 0.15) is 60.7 Å². The highest BCUT2D eigenvalue weighted by atomic mass is 19.1. The Bertz CT molecular complexity index is 1410. The van der Waals surface area contributed by atoms with Gasteiger partial charge in [0.05, 0.1) is 19.0 Å². The van der Waals surface area contributed by atoms with Crippen molar-refractivity contribution in [3.8, 4) is 11.8 Å². The van der Waals surface area contributed by atoms with E-state index in [2.05, 4.69) is 16.9 Å². The molecule has 3 aromatic carbocycles. The Morgan fingerprint density at radius 2 is 1.55 bits per heavy atom. The molecule has 0 atom stereocenters. The van der Waals surface area contributed by atoms with Gasteiger partial charge in [-0.25, -0.2) is 23.1 Å². The Hall–Kier alpha value is -3.92. The molecular formula is C31H30F3N3O. The molecule has 0 unspecified atom stereocenters. The number of aromatic nitrogens is 2. The van der Waals surface area contributed by atoms with Crippen LogP contribution in [0.5, 0.6) is 5.75 Å². The quantitative estimate of drug-likeness (QED) is 0.183. The van der Waals surface area contributed by atoms with Crippen molar-refractivity contribution in [3.05, 3.63) is 100 Å². The van der Waals surface area contributed by atoms with Gasteiger partial charge in [-0.05, 0) is 59.9 Å². The molecule has 0 saturated heterocycles. The molecule has 0 radical (unpaired) electrons. The lowest BCUT2D eigenvalue weighted by atomic mass is 9.97. The summed E-state index contributed by atoms with van der Waals surface area (Å²) >= 11 is 0. The van der Waals surface area contributed by atoms with Crippen LogP contribution in [0.25, 0.3) is 10.8 Å². The molecule has 4 nitrogen and oxygen atoms in total. The number of aryl methyl sites for hydroxylation is 4. The molecule has 0 saturated carbocycles. The summed E-state index contributed by atoms with van der Waals surface area (Å²) in [5.74, 6) is -0.738. The Balaban J connectivity index is 1.35. The summed E-state index contributed by atoms with van der Waals surface area (Å²) in [4.78, 5) is 8.81. The van der Waals surface area contributed by atoms with Gasteiger partial charge in [-0.15, -0.1) is 0 Å². The number of hydrogen-bond donors (Lipinski definition) is 0. The SMILES string of the molecule is CCCCCCOc1cnc(CCc2ccc3c(F)c(CCc4cc(F)c(C#N)c(F)c4)ccc3c2)nc1. The molecule has 0 aliphatic heterocycles. The molecule has 1 heterocycles. The van der Waals surface area contributed by atoms with E-state index in [1.54, 1.807) is 24.5 Å². The molecule has 1 aromatic heterocycles. The first-order valence-corrected chi connectivity index (χ1v) is 13.0. The number of fused-ring (bicyclic) bond motifs is 1. The lowest BCUT2D eigenvalue weighted by Gasteiger charge is -2.10. The van der Waals surface area contributed by atoms with Gasteiger partial charge in [-0.1, -0.05) is 56.5 Å². The summed E-state index contributed by atoms with van der Waals surface area (Å²) < 4.78 is 48.7. The minimum atomic E-state index is -0.901. The van der Waals surface area contributed by atoms with Gasteiger partial charge in [0.1, 0.15) is 34.9 Å². The average molecular weight is 518 g/mol. The fourth-order valence-corrected chi connectivity index (χ4v) is 4.41. The lowest BCUT2D eigenvalue weighted by Crippen LogP contribution is -2.02. The van der Waals surface area contributed by atoms with Gasteiger partial charge >= 0.3 is 0 Å². The number of nitrogens with zero attached hydrogens (tertiary/aromatic N) is 3. The minimum Gasteiger partial charge on any atom is -0.490 e. The first-order valence-electron chi connectivity index (χ1n) is 13.0. The molecule has 38 heavy (non-hydrogen) atoms. The van der Waals surface area contributed by atoms with E-state index in [1.165, 1.54) is 18.9 Å². The molecule has 0 N–H and O–H groups in total. The second kappa shape index (κ2) is 13.0. The Morgan fingerprint density at radius 3 is 2.26 bits per heavy atom. The first kappa shape index (κ1) is 27.1. The number of hydrogen-bond acceptors (Lipinski definition) is 4. The van der Waals surface area contributed by atoms with E-state index in [1.807, 2.05) is 18.2 Å². The van der Waals surface area contributed by atoms with Crippen molar-refractivity contribution in [1.29, 1.82) is 5.26 Å². The van der Waals surface area contributed by atoms with Gasteiger partial charge in [-0.2, -0.15) is 5.26 Å². The van der Waals surface area contributed by atoms with Crippen molar-refractivity contribution in [3.63, 3.8) is 0 Å². The van der Waals surface area contributed by atoms with Gasteiger partial charge < -0.3 is 4.74 Å². The zero-order valence-electron chi connectivity index (χ0n) is 21.4. The summed E-state index contributed by atoms with van der Waals surface area (Å²) in [5, 5.41) is 10.1. The highest BCUT2D eigenvalue weighted by Gasteiger charge is 2.13. The predicted molar refractivity (Wildman–Crippen MR) is 141 cm³/mol. The second-order valence-electron chi connectivity index (χ2n) is 9.38. The van der Waals surface area contributed by atoms with Crippen LogP contribution in [0.15, 0.2) is 54.9 Å². The van der Waals surface area contributed by atoms with E-state index in [-0.39, 0.29) is 18.7 Å². The molecule has 0 bridgehead atoms. The second-order valence-corrected chi connectivity index (χ2v) is 9.38. The average Bonchev–Trinajstić information content (AvgIpc) is 2.92. The van der Waals surface area contributed by atoms with Crippen LogP contribution >= 0.6 is 0 Å². The van der Waals surface area contributed by atoms with E-state index in [9.17, 15) is 8.78 Å². The molecule has 0 spiro atoms. The lowest BCUT2D eigenvalue weighted by molar-refractivity contribution is 0.302. The van der Waals surface area contributed by atoms with E-state index < -0.39 is 17.2 Å². The standard InChI is InChI=1S/C31H30F3N3O/c1-2-3-4-5-14-38-25-19-36-30(37-20-25)13-8-21-7-12-26-24(15-21)11-10-23(31(26)34)9-6-22-16-28(32)27(18-35)29(33)17-22/h7,10-12,15-17,19-20H,2-6,8-9,13-14H2,1H3. The number of benzene rings is 3. The summed E-state index contributed by atoms with van der Waals surface area (Å²) in [5.41, 5.74) is 1.29. The van der Waals surface area contributed by atoms with Crippen LogP contribution in [0.3, 0.4) is 0 Å². The smallest absolute Gasteiger partial charge is 0.155 e. The molecule has 0 amide bonds. The highest BCUT2D eigenvalue weighted by Crippen LogP contribution is 2.25. The van der Waals surface area contributed by atoms with E-state index in [4.69, 9.17) is 10.00 Å². The molecule has 4 rings (SSSR count). The van der Waals surface area contributed by atoms with Crippen LogP contribution in [-0.2, 0) is 25.7 Å². The van der Waals surface area contributed by atoms with Crippen LogP contribution in [0, 0.1) is 28.8 Å². The topological polar surface area (TPSA) is 58.8 Å². The van der Waals surface area contributed by atoms with Gasteiger partial charge in [0, 0.05) is 11.8 Å². The van der Waals surface area contributed by atoms with E-state index in [0.29, 0.717) is 41.7 Å². The van der Waals surface area contributed by atoms with Crippen molar-refractivity contribution in [2.75, 3.05) is 6.61 Å². The Kier molecular flexibility index (Phi) is 9.31. The normalized spacial score (nSPS) is 11.0. The van der Waals surface area contributed by atoms with Crippen LogP contribution < -0.4 is 4.74 Å². The summed E-state index contributed by atoms with van der Waals surface area (Å²) in [6.45, 7) is 2.85. The maximum absolute atomic E-state index is 15.2. The monoisotopic (exact) mass is 517 g/mol. The summed E-state index contributed by atoms with van der Waals surface area (Å²) in [6.07, 6.45) is 9.91. The largest absolute Gasteiger partial charge is 0.490 e. The third kappa shape index (κ3) is 6.89. The molecule has 4 aromatic rings. The fourth-order valence-electron chi connectivity index (χ4n) is 4.41. The van der Waals surface area contributed by atoms with Crippen LogP contribution in [0.4, 0.5) is 13.2 Å². The molecule has 196 valence electrons. The number of unbranched alkanes of at least 4 members (excludes halogenated alkanes) is 3. The molecule has 0 fully saturated rings. The Labute approximate surface area is 221 Å². The molecule has 7 heteroatoms. The molecule has 0 aliphatic carbocycles. The van der Waals surface area contributed by atoms with E-state index >= 15 is 4.39 Å². The van der Waals surface area contributed by atoms with Gasteiger partial charge in [-0.3, -0.25) is 0 Å². The highest BCUT2D eigenvalue weighted by molar-refractivity contribution is 5.84. The zero-order valence-corrected chi connectivity index (χ0v) is 21.4. The maximum atomic E-state index is 15.2. The maximum Gasteiger partial charge on any atom is 0.155 e. The van der Waals surface area contributed by atoms with Crippen molar-refractivity contribution in [1.82, 2.24) is 9.97 Å². The van der Waals surface area contributed by atoms with Crippen molar-refractivity contribution in [2.45, 2.75) is 58.3 Å². The molecular weight excluding hydrogens is 487 g/mol. The third-order valence-corrected chi connectivity index (χ3v) is 6.58. The van der Waals surface area contributed by atoms with Gasteiger partial charge in [0.2, 0.25) is 0 Å². The summed E-state index contributed by atoms with van der Waals surface area (Å²) in [7, 11) is 0. The first-order chi connectivity index (χ1) is 18.5. The van der Waals surface area contributed by atoms with Crippen molar-refractivity contribution < 1.29 is 17.9 Å². The van der Waals surface area contributed by atoms with Gasteiger partial charge in [0.25, 0.3) is 0 Å². The fraction of sp³-hybridized carbons (Fsp3) is 0.323. The Morgan fingerprint density at radius 1 is 0.816 bits per heavy atom. The van der Waals surface area contributed by atoms with Gasteiger partial charge in [0.15, 0.2) is 5.75 Å². The number of ether oxygens (including phenoxy) is 1. The van der Waals surface area contributed by atoms with Crippen molar-refractivity contribution in [2.24, 2.45) is 0 Å². The van der Waals surface area contributed by atoms with Crippen LogP contribution in [-0.4, -0.2) is 16.6 Å². The van der Waals surface area contributed by atoms with Crippen LogP contribution in [0.2, 0.25) is 0 Å². The van der Waals surface area contributed by atoms with Crippen molar-refractivity contribution >= 4 is 10.8 Å².